The minimum atomic E-state index is -1.21. The van der Waals surface area contributed by atoms with Crippen LogP contribution >= 0.6 is 22.7 Å². The Bertz CT molecular complexity index is 2720. The number of aliphatic carboxylic acids is 1. The number of nitriles is 1. The smallest absolute Gasteiger partial charge is 0.346 e. The zero-order valence-electron chi connectivity index (χ0n) is 26.1. The van der Waals surface area contributed by atoms with E-state index in [9.17, 15) is 9.90 Å². The van der Waals surface area contributed by atoms with E-state index in [0.717, 1.165) is 37.9 Å². The Kier molecular flexibility index (Phi) is 6.94. The van der Waals surface area contributed by atoms with Gasteiger partial charge in [-0.3, -0.25) is 0 Å². The number of benzene rings is 4. The molecule has 1 aliphatic rings. The lowest BCUT2D eigenvalue weighted by atomic mass is 10.1. The van der Waals surface area contributed by atoms with Crippen LogP contribution in [0.4, 0.5) is 0 Å². The molecule has 0 fully saturated rings. The summed E-state index contributed by atoms with van der Waals surface area (Å²) in [5, 5.41) is 23.4. The molecular formula is C42H27N3O2S2. The average molecular weight is 670 g/mol. The number of nitrogens with zero attached hydrogens (tertiary/aromatic N) is 3. The van der Waals surface area contributed by atoms with Gasteiger partial charge in [-0.25, -0.2) is 4.79 Å². The van der Waals surface area contributed by atoms with Gasteiger partial charge in [0.1, 0.15) is 11.6 Å². The molecule has 4 heterocycles. The number of thiophene rings is 2. The van der Waals surface area contributed by atoms with Crippen molar-refractivity contribution in [3.05, 3.63) is 138 Å². The molecule has 0 aliphatic heterocycles. The molecule has 234 valence electrons. The van der Waals surface area contributed by atoms with E-state index in [1.54, 1.807) is 17.4 Å². The summed E-state index contributed by atoms with van der Waals surface area (Å²) in [5.74, 6) is -1.21. The molecule has 1 N–H and O–H groups in total. The molecule has 4 aromatic carbocycles. The third-order valence-corrected chi connectivity index (χ3v) is 11.7. The maximum atomic E-state index is 11.3. The van der Waals surface area contributed by atoms with Gasteiger partial charge >= 0.3 is 5.97 Å². The van der Waals surface area contributed by atoms with E-state index in [0.29, 0.717) is 0 Å². The van der Waals surface area contributed by atoms with Crippen molar-refractivity contribution in [3.63, 3.8) is 0 Å². The van der Waals surface area contributed by atoms with Crippen molar-refractivity contribution in [3.8, 4) is 26.3 Å². The molecule has 5 nitrogen and oxygen atoms in total. The van der Waals surface area contributed by atoms with Crippen LogP contribution in [-0.2, 0) is 4.79 Å². The summed E-state index contributed by atoms with van der Waals surface area (Å²) in [6, 6.07) is 42.7. The standard InChI is InChI=1S/C42H27N3O2S2/c43-25-27(42(46)47)23-30-18-20-40(48-30)41-22-21-39(49-41)26-13-19-38-34(24-26)33-9-3-6-12-37(33)45(38)29-16-14-28(15-17-29)44-35-10-4-1-7-31(35)32-8-2-5-11-36(32)44/h1-14,16,18-24H,15,17H2,(H,46,47)/b27-23+. The fourth-order valence-corrected chi connectivity index (χ4v) is 9.17. The second-order valence-corrected chi connectivity index (χ2v) is 14.3. The molecule has 7 heteroatoms. The van der Waals surface area contributed by atoms with Crippen molar-refractivity contribution >= 4 is 89.7 Å². The highest BCUT2D eigenvalue weighted by Crippen LogP contribution is 2.42. The second-order valence-electron chi connectivity index (χ2n) is 12.1. The lowest BCUT2D eigenvalue weighted by Gasteiger charge is -2.20. The number of rotatable bonds is 6. The van der Waals surface area contributed by atoms with Crippen molar-refractivity contribution in [2.45, 2.75) is 12.8 Å². The normalized spacial score (nSPS) is 13.7. The Morgan fingerprint density at radius 1 is 0.633 bits per heavy atom. The number of hydrogen-bond acceptors (Lipinski definition) is 4. The number of fused-ring (bicyclic) bond motifs is 6. The Morgan fingerprint density at radius 2 is 1.14 bits per heavy atom. The first-order valence-corrected chi connectivity index (χ1v) is 17.7. The predicted octanol–water partition coefficient (Wildman–Crippen LogP) is 11.5. The molecule has 9 rings (SSSR count). The van der Waals surface area contributed by atoms with Crippen LogP contribution in [0.3, 0.4) is 0 Å². The van der Waals surface area contributed by atoms with E-state index >= 15 is 0 Å². The van der Waals surface area contributed by atoms with E-state index in [1.165, 1.54) is 72.4 Å². The van der Waals surface area contributed by atoms with Crippen molar-refractivity contribution in [1.82, 2.24) is 9.13 Å². The molecule has 0 bridgehead atoms. The fraction of sp³-hybridized carbons (Fsp3) is 0.0476. The molecule has 0 radical (unpaired) electrons. The Hall–Kier alpha value is -5.94. The van der Waals surface area contributed by atoms with E-state index in [4.69, 9.17) is 5.26 Å². The molecule has 4 aromatic heterocycles. The summed E-state index contributed by atoms with van der Waals surface area (Å²) < 4.78 is 4.86. The van der Waals surface area contributed by atoms with Gasteiger partial charge < -0.3 is 14.2 Å². The Balaban J connectivity index is 1.09. The third-order valence-electron chi connectivity index (χ3n) is 9.33. The van der Waals surface area contributed by atoms with Crippen LogP contribution < -0.4 is 0 Å². The summed E-state index contributed by atoms with van der Waals surface area (Å²) in [5.41, 5.74) is 8.38. The Labute approximate surface area is 289 Å². The van der Waals surface area contributed by atoms with Gasteiger partial charge in [-0.1, -0.05) is 60.7 Å². The molecule has 0 atom stereocenters. The van der Waals surface area contributed by atoms with Crippen LogP contribution in [0.2, 0.25) is 0 Å². The number of carboxylic acid groups (broad SMARTS) is 1. The van der Waals surface area contributed by atoms with Crippen molar-refractivity contribution in [1.29, 1.82) is 5.26 Å². The number of carboxylic acids is 1. The van der Waals surface area contributed by atoms with Crippen LogP contribution in [0.1, 0.15) is 17.7 Å². The lowest BCUT2D eigenvalue weighted by molar-refractivity contribution is -0.132. The zero-order valence-corrected chi connectivity index (χ0v) is 27.8. The molecule has 49 heavy (non-hydrogen) atoms. The van der Waals surface area contributed by atoms with Gasteiger partial charge in [0.05, 0.1) is 22.1 Å². The summed E-state index contributed by atoms with van der Waals surface area (Å²) >= 11 is 3.20. The van der Waals surface area contributed by atoms with Gasteiger partial charge in [-0.2, -0.15) is 5.26 Å². The van der Waals surface area contributed by atoms with E-state index in [1.807, 2.05) is 12.1 Å². The topological polar surface area (TPSA) is 71.0 Å². The van der Waals surface area contributed by atoms with E-state index in [2.05, 4.69) is 124 Å². The summed E-state index contributed by atoms with van der Waals surface area (Å²) in [4.78, 5) is 15.3. The monoisotopic (exact) mass is 669 g/mol. The van der Waals surface area contributed by atoms with Crippen LogP contribution in [0.25, 0.3) is 81.3 Å². The number of aromatic nitrogens is 2. The number of para-hydroxylation sites is 3. The predicted molar refractivity (Wildman–Crippen MR) is 205 cm³/mol. The number of carbonyl (C=O) groups is 1. The van der Waals surface area contributed by atoms with Gasteiger partial charge in [0.25, 0.3) is 0 Å². The maximum absolute atomic E-state index is 11.3. The molecule has 8 aromatic rings. The first-order chi connectivity index (χ1) is 24.1. The SMILES string of the molecule is N#C/C(=C\c1ccc(-c2ccc(-c3ccc4c(c3)c3ccccc3n4C3=CC=C(n4c5ccccc5c5ccccc54)CC3)s2)s1)C(=O)O. The van der Waals surface area contributed by atoms with Crippen molar-refractivity contribution < 1.29 is 9.90 Å². The number of hydrogen-bond donors (Lipinski definition) is 1. The lowest BCUT2D eigenvalue weighted by Crippen LogP contribution is -2.04. The summed E-state index contributed by atoms with van der Waals surface area (Å²) in [6.07, 6.45) is 7.89. The van der Waals surface area contributed by atoms with Gasteiger partial charge in [0, 0.05) is 52.4 Å². The van der Waals surface area contributed by atoms with Gasteiger partial charge in [0.2, 0.25) is 0 Å². The van der Waals surface area contributed by atoms with Crippen LogP contribution in [0.15, 0.2) is 133 Å². The summed E-state index contributed by atoms with van der Waals surface area (Å²) in [7, 11) is 0. The molecule has 0 spiro atoms. The number of allylic oxidation sites excluding steroid dienone is 4. The maximum Gasteiger partial charge on any atom is 0.346 e. The first kappa shape index (κ1) is 29.2. The zero-order chi connectivity index (χ0) is 33.1. The highest BCUT2D eigenvalue weighted by atomic mass is 32.1. The largest absolute Gasteiger partial charge is 0.477 e. The van der Waals surface area contributed by atoms with Crippen molar-refractivity contribution in [2.75, 3.05) is 0 Å². The molecular weight excluding hydrogens is 643 g/mol. The van der Waals surface area contributed by atoms with Gasteiger partial charge in [-0.15, -0.1) is 22.7 Å². The first-order valence-electron chi connectivity index (χ1n) is 16.0. The van der Waals surface area contributed by atoms with Crippen LogP contribution in [0, 0.1) is 11.3 Å². The highest BCUT2D eigenvalue weighted by Gasteiger charge is 2.20. The van der Waals surface area contributed by atoms with E-state index in [-0.39, 0.29) is 5.57 Å². The average Bonchev–Trinajstić information content (AvgIpc) is 3.94. The Morgan fingerprint density at radius 3 is 1.71 bits per heavy atom. The minimum Gasteiger partial charge on any atom is -0.477 e. The minimum absolute atomic E-state index is 0.267. The van der Waals surface area contributed by atoms with Gasteiger partial charge in [-0.05, 0) is 91.2 Å². The van der Waals surface area contributed by atoms with E-state index < -0.39 is 5.97 Å². The second kappa shape index (κ2) is 11.6. The molecule has 0 unspecified atom stereocenters. The van der Waals surface area contributed by atoms with Gasteiger partial charge in [0.15, 0.2) is 0 Å². The third kappa shape index (κ3) is 4.84. The van der Waals surface area contributed by atoms with Crippen LogP contribution in [0.5, 0.6) is 0 Å². The molecule has 0 saturated heterocycles. The highest BCUT2D eigenvalue weighted by molar-refractivity contribution is 7.24. The molecule has 0 saturated carbocycles. The molecule has 1 aliphatic carbocycles. The summed E-state index contributed by atoms with van der Waals surface area (Å²) in [6.45, 7) is 0. The quantitative estimate of drug-likeness (QED) is 0.141. The van der Waals surface area contributed by atoms with Crippen molar-refractivity contribution in [2.24, 2.45) is 0 Å². The molecule has 0 amide bonds. The fourth-order valence-electron chi connectivity index (χ4n) is 7.13. The van der Waals surface area contributed by atoms with Crippen LogP contribution in [-0.4, -0.2) is 20.2 Å².